The van der Waals surface area contributed by atoms with Crippen LogP contribution in [0.2, 0.25) is 0 Å². The molecule has 2 rings (SSSR count). The largest absolute Gasteiger partial charge is 0.299 e. The summed E-state index contributed by atoms with van der Waals surface area (Å²) in [5.74, 6) is -0.0820. The average Bonchev–Trinajstić information content (AvgIpc) is 2.35. The van der Waals surface area contributed by atoms with E-state index in [1.807, 2.05) is 30.3 Å². The van der Waals surface area contributed by atoms with E-state index < -0.39 is 0 Å². The predicted molar refractivity (Wildman–Crippen MR) is 70.0 cm³/mol. The molecule has 0 aliphatic heterocycles. The number of hydrogen-bond donors (Lipinski definition) is 0. The Balaban J connectivity index is 2.01. The zero-order valence-electron chi connectivity index (χ0n) is 10.3. The average molecular weight is 242 g/mol. The van der Waals surface area contributed by atoms with Gasteiger partial charge >= 0.3 is 0 Å². The van der Waals surface area contributed by atoms with Crippen LogP contribution in [0.15, 0.2) is 48.5 Å². The molecule has 92 valence electrons. The predicted octanol–water partition coefficient (Wildman–Crippen LogP) is 3.49. The van der Waals surface area contributed by atoms with Crippen molar-refractivity contribution in [3.63, 3.8) is 0 Å². The lowest BCUT2D eigenvalue weighted by atomic mass is 10.0. The molecule has 0 aromatic heterocycles. The van der Waals surface area contributed by atoms with E-state index in [1.165, 1.54) is 6.07 Å². The van der Waals surface area contributed by atoms with Gasteiger partial charge in [0.05, 0.1) is 0 Å². The Morgan fingerprint density at radius 3 is 2.33 bits per heavy atom. The summed E-state index contributed by atoms with van der Waals surface area (Å²) in [6, 6.07) is 14.5. The third-order valence-corrected chi connectivity index (χ3v) is 2.87. The molecular weight excluding hydrogens is 227 g/mol. The van der Waals surface area contributed by atoms with E-state index in [4.69, 9.17) is 0 Å². The van der Waals surface area contributed by atoms with Crippen LogP contribution in [0, 0.1) is 12.7 Å². The summed E-state index contributed by atoms with van der Waals surface area (Å²) < 4.78 is 13.1. The van der Waals surface area contributed by atoms with Crippen molar-refractivity contribution in [1.82, 2.24) is 0 Å². The highest BCUT2D eigenvalue weighted by Gasteiger charge is 2.06. The highest BCUT2D eigenvalue weighted by molar-refractivity contribution is 5.83. The molecule has 0 saturated carbocycles. The van der Waals surface area contributed by atoms with Gasteiger partial charge in [0.2, 0.25) is 0 Å². The van der Waals surface area contributed by atoms with Gasteiger partial charge in [-0.25, -0.2) is 4.39 Å². The number of carbonyl (C=O) groups excluding carboxylic acids is 1. The zero-order valence-corrected chi connectivity index (χ0v) is 10.3. The van der Waals surface area contributed by atoms with Crippen molar-refractivity contribution in [1.29, 1.82) is 0 Å². The van der Waals surface area contributed by atoms with Gasteiger partial charge in [0.25, 0.3) is 0 Å². The number of hydrogen-bond acceptors (Lipinski definition) is 1. The molecule has 0 amide bonds. The van der Waals surface area contributed by atoms with Gasteiger partial charge in [-0.2, -0.15) is 0 Å². The van der Waals surface area contributed by atoms with Crippen molar-refractivity contribution in [2.45, 2.75) is 19.8 Å². The van der Waals surface area contributed by atoms with E-state index in [0.29, 0.717) is 18.4 Å². The lowest BCUT2D eigenvalue weighted by Crippen LogP contribution is -2.06. The van der Waals surface area contributed by atoms with Crippen LogP contribution in [0.4, 0.5) is 4.39 Å². The Bertz CT molecular complexity index is 546. The molecule has 2 aromatic carbocycles. The third kappa shape index (κ3) is 3.27. The van der Waals surface area contributed by atoms with Crippen LogP contribution >= 0.6 is 0 Å². The molecule has 18 heavy (non-hydrogen) atoms. The van der Waals surface area contributed by atoms with Crippen molar-refractivity contribution in [2.24, 2.45) is 0 Å². The molecule has 0 aliphatic rings. The summed E-state index contributed by atoms with van der Waals surface area (Å²) in [7, 11) is 0. The smallest absolute Gasteiger partial charge is 0.141 e. The lowest BCUT2D eigenvalue weighted by Gasteiger charge is -2.04. The van der Waals surface area contributed by atoms with Crippen molar-refractivity contribution < 1.29 is 9.18 Å². The second-order valence-corrected chi connectivity index (χ2v) is 4.46. The molecule has 0 aliphatic carbocycles. The standard InChI is InChI=1S/C16H15FO/c1-12-9-14(7-8-16(12)17)11-15(18)10-13-5-3-2-4-6-13/h2-9H,10-11H2,1H3. The molecule has 0 bridgehead atoms. The number of aryl methyl sites for hydroxylation is 1. The number of halogens is 1. The fourth-order valence-electron chi connectivity index (χ4n) is 1.93. The second kappa shape index (κ2) is 5.58. The first kappa shape index (κ1) is 12.5. The monoisotopic (exact) mass is 242 g/mol. The van der Waals surface area contributed by atoms with Crippen LogP contribution in [0.1, 0.15) is 16.7 Å². The molecule has 2 aromatic rings. The van der Waals surface area contributed by atoms with Crippen LogP contribution in [0.3, 0.4) is 0 Å². The van der Waals surface area contributed by atoms with E-state index in [1.54, 1.807) is 19.1 Å². The van der Waals surface area contributed by atoms with Gasteiger partial charge in [-0.1, -0.05) is 42.5 Å². The topological polar surface area (TPSA) is 17.1 Å². The van der Waals surface area contributed by atoms with E-state index in [0.717, 1.165) is 11.1 Å². The SMILES string of the molecule is Cc1cc(CC(=O)Cc2ccccc2)ccc1F. The van der Waals surface area contributed by atoms with E-state index in [9.17, 15) is 9.18 Å². The lowest BCUT2D eigenvalue weighted by molar-refractivity contribution is -0.117. The van der Waals surface area contributed by atoms with Crippen molar-refractivity contribution in [2.75, 3.05) is 0 Å². The molecule has 0 heterocycles. The van der Waals surface area contributed by atoms with Crippen LogP contribution in [0.25, 0.3) is 0 Å². The highest BCUT2D eigenvalue weighted by Crippen LogP contribution is 2.11. The number of ketones is 1. The third-order valence-electron chi connectivity index (χ3n) is 2.87. The van der Waals surface area contributed by atoms with Gasteiger partial charge in [0, 0.05) is 12.8 Å². The van der Waals surface area contributed by atoms with Gasteiger partial charge in [0.15, 0.2) is 0 Å². The molecule has 0 atom stereocenters. The van der Waals surface area contributed by atoms with Crippen molar-refractivity contribution in [3.05, 3.63) is 71.0 Å². The number of benzene rings is 2. The fourth-order valence-corrected chi connectivity index (χ4v) is 1.93. The fraction of sp³-hybridized carbons (Fsp3) is 0.188. The maximum Gasteiger partial charge on any atom is 0.141 e. The minimum atomic E-state index is -0.228. The Morgan fingerprint density at radius 2 is 1.67 bits per heavy atom. The first-order valence-electron chi connectivity index (χ1n) is 5.96. The van der Waals surface area contributed by atoms with Gasteiger partial charge in [0.1, 0.15) is 11.6 Å². The number of Topliss-reactive ketones (excluding diaryl/α,β-unsaturated/α-hetero) is 1. The Kier molecular flexibility index (Phi) is 3.88. The van der Waals surface area contributed by atoms with Crippen molar-refractivity contribution in [3.8, 4) is 0 Å². The number of carbonyl (C=O) groups is 1. The number of rotatable bonds is 4. The highest BCUT2D eigenvalue weighted by atomic mass is 19.1. The second-order valence-electron chi connectivity index (χ2n) is 4.46. The van der Waals surface area contributed by atoms with Crippen LogP contribution in [-0.4, -0.2) is 5.78 Å². The summed E-state index contributed by atoms with van der Waals surface area (Å²) in [4.78, 5) is 11.9. The molecular formula is C16H15FO. The van der Waals surface area contributed by atoms with Crippen LogP contribution < -0.4 is 0 Å². The minimum absolute atomic E-state index is 0.146. The summed E-state index contributed by atoms with van der Waals surface area (Å²) in [5.41, 5.74) is 2.47. The first-order valence-corrected chi connectivity index (χ1v) is 5.96. The molecule has 0 radical (unpaired) electrons. The normalized spacial score (nSPS) is 10.3. The summed E-state index contributed by atoms with van der Waals surface area (Å²) in [6.07, 6.45) is 0.785. The van der Waals surface area contributed by atoms with Crippen LogP contribution in [-0.2, 0) is 17.6 Å². The summed E-state index contributed by atoms with van der Waals surface area (Å²) >= 11 is 0. The minimum Gasteiger partial charge on any atom is -0.299 e. The van der Waals surface area contributed by atoms with E-state index in [2.05, 4.69) is 0 Å². The van der Waals surface area contributed by atoms with Gasteiger partial charge < -0.3 is 0 Å². The maximum absolute atomic E-state index is 13.1. The van der Waals surface area contributed by atoms with Gasteiger partial charge in [-0.15, -0.1) is 0 Å². The van der Waals surface area contributed by atoms with Gasteiger partial charge in [-0.3, -0.25) is 4.79 Å². The Hall–Kier alpha value is -1.96. The molecule has 0 unspecified atom stereocenters. The van der Waals surface area contributed by atoms with Crippen LogP contribution in [0.5, 0.6) is 0 Å². The van der Waals surface area contributed by atoms with Crippen molar-refractivity contribution >= 4 is 5.78 Å². The molecule has 2 heteroatoms. The quantitative estimate of drug-likeness (QED) is 0.802. The Labute approximate surface area is 106 Å². The van der Waals surface area contributed by atoms with Gasteiger partial charge in [-0.05, 0) is 29.7 Å². The summed E-state index contributed by atoms with van der Waals surface area (Å²) in [5, 5.41) is 0. The maximum atomic E-state index is 13.1. The van der Waals surface area contributed by atoms with E-state index in [-0.39, 0.29) is 11.6 Å². The Morgan fingerprint density at radius 1 is 1.00 bits per heavy atom. The molecule has 0 spiro atoms. The molecule has 0 saturated heterocycles. The molecule has 0 N–H and O–H groups in total. The molecule has 0 fully saturated rings. The summed E-state index contributed by atoms with van der Waals surface area (Å²) in [6.45, 7) is 1.71. The molecule has 1 nitrogen and oxygen atoms in total. The first-order chi connectivity index (χ1) is 8.65. The van der Waals surface area contributed by atoms with E-state index >= 15 is 0 Å². The zero-order chi connectivity index (χ0) is 13.0.